The van der Waals surface area contributed by atoms with Crippen LogP contribution in [0.2, 0.25) is 0 Å². The van der Waals surface area contributed by atoms with Crippen LogP contribution in [0.15, 0.2) is 0 Å². The van der Waals surface area contributed by atoms with Crippen molar-refractivity contribution in [3.8, 4) is 0 Å². The standard InChI is InChI=1S/C11H22N2O2S/c1-7(14)8(2)16-9-4-5-11(6-9,13-3)10(12)15/h7-9,13-14H,4-6H2,1-3H3,(H2,12,15). The van der Waals surface area contributed by atoms with E-state index in [9.17, 15) is 9.90 Å². The number of aliphatic hydroxyl groups is 1. The Balaban J connectivity index is 2.54. The van der Waals surface area contributed by atoms with Gasteiger partial charge in [0.05, 0.1) is 11.6 Å². The second kappa shape index (κ2) is 5.38. The van der Waals surface area contributed by atoms with E-state index in [0.717, 1.165) is 19.3 Å². The summed E-state index contributed by atoms with van der Waals surface area (Å²) in [5.74, 6) is -0.261. The molecule has 0 heterocycles. The first-order valence-corrected chi connectivity index (χ1v) is 6.68. The largest absolute Gasteiger partial charge is 0.392 e. The molecular formula is C11H22N2O2S. The summed E-state index contributed by atoms with van der Waals surface area (Å²) in [5, 5.41) is 13.1. The topological polar surface area (TPSA) is 75.3 Å². The normalized spacial score (nSPS) is 33.6. The van der Waals surface area contributed by atoms with Crippen LogP contribution in [-0.2, 0) is 4.79 Å². The maximum absolute atomic E-state index is 11.4. The van der Waals surface area contributed by atoms with Gasteiger partial charge in [-0.25, -0.2) is 0 Å². The number of nitrogens with one attached hydrogen (secondary N) is 1. The average Bonchev–Trinajstić information content (AvgIpc) is 2.62. The molecule has 1 saturated carbocycles. The number of nitrogens with two attached hydrogens (primary N) is 1. The molecule has 1 fully saturated rings. The fraction of sp³-hybridized carbons (Fsp3) is 0.909. The van der Waals surface area contributed by atoms with Crippen LogP contribution in [0.3, 0.4) is 0 Å². The summed E-state index contributed by atoms with van der Waals surface area (Å²) in [7, 11) is 1.79. The third kappa shape index (κ3) is 2.90. The maximum Gasteiger partial charge on any atom is 0.237 e. The van der Waals surface area contributed by atoms with Crippen molar-refractivity contribution in [1.82, 2.24) is 5.32 Å². The summed E-state index contributed by atoms with van der Waals surface area (Å²) in [5.41, 5.74) is 4.90. The number of carbonyl (C=O) groups excluding carboxylic acids is 1. The minimum absolute atomic E-state index is 0.200. The molecule has 0 aromatic carbocycles. The monoisotopic (exact) mass is 246 g/mol. The van der Waals surface area contributed by atoms with Crippen molar-refractivity contribution < 1.29 is 9.90 Å². The zero-order valence-corrected chi connectivity index (χ0v) is 11.0. The molecule has 1 aliphatic carbocycles. The predicted molar refractivity (Wildman–Crippen MR) is 67.4 cm³/mol. The molecule has 1 aliphatic rings. The van der Waals surface area contributed by atoms with E-state index in [1.54, 1.807) is 25.7 Å². The van der Waals surface area contributed by atoms with Crippen molar-refractivity contribution in [3.05, 3.63) is 0 Å². The zero-order valence-electron chi connectivity index (χ0n) is 10.2. The van der Waals surface area contributed by atoms with E-state index in [4.69, 9.17) is 5.73 Å². The number of thioether (sulfide) groups is 1. The molecule has 94 valence electrons. The van der Waals surface area contributed by atoms with Crippen LogP contribution in [0.5, 0.6) is 0 Å². The van der Waals surface area contributed by atoms with Crippen molar-refractivity contribution in [2.75, 3.05) is 7.05 Å². The van der Waals surface area contributed by atoms with Crippen LogP contribution in [0, 0.1) is 0 Å². The van der Waals surface area contributed by atoms with Gasteiger partial charge in [-0.15, -0.1) is 0 Å². The van der Waals surface area contributed by atoms with Gasteiger partial charge in [0.25, 0.3) is 0 Å². The van der Waals surface area contributed by atoms with Gasteiger partial charge in [0, 0.05) is 10.5 Å². The highest BCUT2D eigenvalue weighted by Gasteiger charge is 2.43. The molecule has 0 saturated heterocycles. The molecule has 5 heteroatoms. The fourth-order valence-corrected chi connectivity index (χ4v) is 3.58. The van der Waals surface area contributed by atoms with Crippen molar-refractivity contribution in [2.45, 2.75) is 55.3 Å². The van der Waals surface area contributed by atoms with Gasteiger partial charge in [0.1, 0.15) is 0 Å². The van der Waals surface area contributed by atoms with Crippen LogP contribution >= 0.6 is 11.8 Å². The Morgan fingerprint density at radius 2 is 2.25 bits per heavy atom. The number of amides is 1. The highest BCUT2D eigenvalue weighted by atomic mass is 32.2. The molecule has 0 aromatic heterocycles. The van der Waals surface area contributed by atoms with E-state index in [1.165, 1.54) is 0 Å². The molecule has 0 aromatic rings. The highest BCUT2D eigenvalue weighted by Crippen LogP contribution is 2.39. The maximum atomic E-state index is 11.4. The van der Waals surface area contributed by atoms with Gasteiger partial charge in [0.2, 0.25) is 5.91 Å². The summed E-state index contributed by atoms with van der Waals surface area (Å²) in [6, 6.07) is 0. The van der Waals surface area contributed by atoms with Crippen molar-refractivity contribution in [3.63, 3.8) is 0 Å². The van der Waals surface area contributed by atoms with Crippen molar-refractivity contribution in [2.24, 2.45) is 5.73 Å². The van der Waals surface area contributed by atoms with Gasteiger partial charge in [-0.3, -0.25) is 4.79 Å². The summed E-state index contributed by atoms with van der Waals surface area (Å²) < 4.78 is 0. The summed E-state index contributed by atoms with van der Waals surface area (Å²) in [6.45, 7) is 3.81. The Labute approximate surface area is 101 Å². The zero-order chi connectivity index (χ0) is 12.3. The number of likely N-dealkylation sites (N-methyl/N-ethyl adjacent to an activating group) is 1. The number of rotatable bonds is 5. The second-order valence-electron chi connectivity index (χ2n) is 4.64. The number of hydrogen-bond donors (Lipinski definition) is 3. The van der Waals surface area contributed by atoms with Crippen LogP contribution < -0.4 is 11.1 Å². The summed E-state index contributed by atoms with van der Waals surface area (Å²) in [6.07, 6.45) is 2.22. The molecule has 1 amide bonds. The smallest absolute Gasteiger partial charge is 0.237 e. The van der Waals surface area contributed by atoms with Crippen LogP contribution in [-0.4, -0.2) is 40.2 Å². The third-order valence-corrected chi connectivity index (χ3v) is 5.12. The molecule has 0 spiro atoms. The first-order chi connectivity index (χ1) is 7.41. The van der Waals surface area contributed by atoms with Crippen molar-refractivity contribution >= 4 is 17.7 Å². The lowest BCUT2D eigenvalue weighted by Crippen LogP contribution is -2.52. The molecule has 0 bridgehead atoms. The van der Waals surface area contributed by atoms with Gasteiger partial charge in [-0.1, -0.05) is 6.92 Å². The lowest BCUT2D eigenvalue weighted by Gasteiger charge is -2.25. The van der Waals surface area contributed by atoms with E-state index < -0.39 is 5.54 Å². The van der Waals surface area contributed by atoms with E-state index in [2.05, 4.69) is 5.32 Å². The van der Waals surface area contributed by atoms with Gasteiger partial charge in [-0.2, -0.15) is 11.8 Å². The van der Waals surface area contributed by atoms with E-state index in [1.807, 2.05) is 6.92 Å². The molecule has 4 N–H and O–H groups in total. The minimum Gasteiger partial charge on any atom is -0.392 e. The number of aliphatic hydroxyl groups excluding tert-OH is 1. The molecule has 0 radical (unpaired) electrons. The van der Waals surface area contributed by atoms with E-state index in [0.29, 0.717) is 5.25 Å². The third-order valence-electron chi connectivity index (χ3n) is 3.51. The Morgan fingerprint density at radius 3 is 2.62 bits per heavy atom. The van der Waals surface area contributed by atoms with Crippen LogP contribution in [0.1, 0.15) is 33.1 Å². The summed E-state index contributed by atoms with van der Waals surface area (Å²) in [4.78, 5) is 11.4. The lowest BCUT2D eigenvalue weighted by molar-refractivity contribution is -0.124. The van der Waals surface area contributed by atoms with Crippen LogP contribution in [0.25, 0.3) is 0 Å². The molecule has 4 unspecified atom stereocenters. The predicted octanol–water partition coefficient (Wildman–Crippen LogP) is 0.485. The Hall–Kier alpha value is -0.260. The highest BCUT2D eigenvalue weighted by molar-refractivity contribution is 8.00. The fourth-order valence-electron chi connectivity index (χ4n) is 2.11. The molecule has 1 rings (SSSR count). The van der Waals surface area contributed by atoms with Crippen molar-refractivity contribution in [1.29, 1.82) is 0 Å². The Kier molecular flexibility index (Phi) is 4.64. The number of carbonyl (C=O) groups is 1. The minimum atomic E-state index is -0.532. The molecule has 0 aliphatic heterocycles. The first-order valence-electron chi connectivity index (χ1n) is 5.73. The van der Waals surface area contributed by atoms with Gasteiger partial charge in [-0.05, 0) is 33.2 Å². The first kappa shape index (κ1) is 13.8. The number of primary amides is 1. The van der Waals surface area contributed by atoms with Gasteiger partial charge < -0.3 is 16.2 Å². The van der Waals surface area contributed by atoms with Crippen LogP contribution in [0.4, 0.5) is 0 Å². The van der Waals surface area contributed by atoms with E-state index in [-0.39, 0.29) is 17.3 Å². The molecule has 4 nitrogen and oxygen atoms in total. The SMILES string of the molecule is CNC1(C(N)=O)CCC(SC(C)C(C)O)C1. The average molecular weight is 246 g/mol. The second-order valence-corrected chi connectivity index (χ2v) is 6.33. The molecule has 4 atom stereocenters. The Morgan fingerprint density at radius 1 is 1.62 bits per heavy atom. The number of hydrogen-bond acceptors (Lipinski definition) is 4. The molecule has 16 heavy (non-hydrogen) atoms. The molecular weight excluding hydrogens is 224 g/mol. The van der Waals surface area contributed by atoms with Gasteiger partial charge in [0.15, 0.2) is 0 Å². The summed E-state index contributed by atoms with van der Waals surface area (Å²) >= 11 is 1.75. The van der Waals surface area contributed by atoms with Gasteiger partial charge >= 0.3 is 0 Å². The lowest BCUT2D eigenvalue weighted by atomic mass is 9.97. The Bertz CT molecular complexity index is 260. The van der Waals surface area contributed by atoms with E-state index >= 15 is 0 Å². The quantitative estimate of drug-likeness (QED) is 0.660.